The van der Waals surface area contributed by atoms with E-state index in [0.29, 0.717) is 39.0 Å². The molecule has 0 radical (unpaired) electrons. The molecular weight excluding hydrogens is 646 g/mol. The van der Waals surface area contributed by atoms with Crippen molar-refractivity contribution in [2.45, 2.75) is 10.1 Å². The first kappa shape index (κ1) is 33.8. The molecule has 48 heavy (non-hydrogen) atoms. The average molecular weight is 678 g/mol. The van der Waals surface area contributed by atoms with Gasteiger partial charge in [-0.2, -0.15) is 0 Å². The highest BCUT2D eigenvalue weighted by molar-refractivity contribution is 8.00. The van der Waals surface area contributed by atoms with Gasteiger partial charge in [0, 0.05) is 21.2 Å². The topological polar surface area (TPSA) is 106 Å². The summed E-state index contributed by atoms with van der Waals surface area (Å²) in [4.78, 5) is 41.2. The highest BCUT2D eigenvalue weighted by Crippen LogP contribution is 2.38. The molecule has 8 nitrogen and oxygen atoms in total. The van der Waals surface area contributed by atoms with Crippen molar-refractivity contribution in [2.24, 2.45) is 0 Å². The molecule has 0 spiro atoms. The van der Waals surface area contributed by atoms with Crippen LogP contribution in [0.2, 0.25) is 5.02 Å². The zero-order valence-corrected chi connectivity index (χ0v) is 27.7. The molecule has 0 bridgehead atoms. The van der Waals surface area contributed by atoms with Crippen molar-refractivity contribution in [3.05, 3.63) is 155 Å². The van der Waals surface area contributed by atoms with Gasteiger partial charge >= 0.3 is 0 Å². The zero-order chi connectivity index (χ0) is 33.9. The van der Waals surface area contributed by atoms with Crippen LogP contribution in [-0.2, 0) is 9.59 Å². The third-order valence-electron chi connectivity index (χ3n) is 7.04. The Bertz CT molecular complexity index is 1940. The smallest absolute Gasteiger partial charge is 0.272 e. The Balaban J connectivity index is 1.39. The number of rotatable bonds is 12. The highest BCUT2D eigenvalue weighted by atomic mass is 35.5. The van der Waals surface area contributed by atoms with Gasteiger partial charge in [0.2, 0.25) is 5.91 Å². The highest BCUT2D eigenvalue weighted by Gasteiger charge is 2.24. The van der Waals surface area contributed by atoms with Crippen molar-refractivity contribution >= 4 is 58.5 Å². The normalized spacial score (nSPS) is 11.6. The molecule has 5 aromatic rings. The number of carbonyl (C=O) groups is 3. The zero-order valence-electron chi connectivity index (χ0n) is 26.1. The van der Waals surface area contributed by atoms with E-state index < -0.39 is 17.1 Å². The Morgan fingerprint density at radius 3 is 2.21 bits per heavy atom. The number of halogens is 1. The lowest BCUT2D eigenvalue weighted by Gasteiger charge is -2.19. The van der Waals surface area contributed by atoms with E-state index in [4.69, 9.17) is 21.1 Å². The Morgan fingerprint density at radius 1 is 0.750 bits per heavy atom. The summed E-state index contributed by atoms with van der Waals surface area (Å²) >= 11 is 7.52. The third-order valence-corrected chi connectivity index (χ3v) is 8.52. The number of hydrogen-bond donors (Lipinski definition) is 3. The van der Waals surface area contributed by atoms with Gasteiger partial charge in [-0.25, -0.2) is 0 Å². The van der Waals surface area contributed by atoms with Gasteiger partial charge in [-0.15, -0.1) is 11.8 Å². The Labute approximate surface area is 288 Å². The van der Waals surface area contributed by atoms with Crippen molar-refractivity contribution < 1.29 is 23.9 Å². The van der Waals surface area contributed by atoms with Crippen molar-refractivity contribution in [1.82, 2.24) is 5.32 Å². The summed E-state index contributed by atoms with van der Waals surface area (Å²) in [6, 6.07) is 37.3. The Hall–Kier alpha value is -5.51. The number of hydrogen-bond acceptors (Lipinski definition) is 6. The van der Waals surface area contributed by atoms with E-state index in [9.17, 15) is 14.4 Å². The first-order chi connectivity index (χ1) is 23.3. The van der Waals surface area contributed by atoms with Gasteiger partial charge < -0.3 is 25.4 Å². The van der Waals surface area contributed by atoms with Crippen LogP contribution < -0.4 is 25.4 Å². The van der Waals surface area contributed by atoms with E-state index in [-0.39, 0.29) is 11.6 Å². The van der Waals surface area contributed by atoms with Crippen molar-refractivity contribution in [3.63, 3.8) is 0 Å². The largest absolute Gasteiger partial charge is 0.497 e. The average Bonchev–Trinajstić information content (AvgIpc) is 3.11. The number of benzene rings is 5. The van der Waals surface area contributed by atoms with E-state index in [1.165, 1.54) is 18.9 Å². The van der Waals surface area contributed by atoms with Gasteiger partial charge in [0.1, 0.15) is 22.4 Å². The third kappa shape index (κ3) is 9.06. The van der Waals surface area contributed by atoms with E-state index in [1.807, 2.05) is 42.5 Å². The fourth-order valence-corrected chi connectivity index (χ4v) is 5.95. The van der Waals surface area contributed by atoms with Gasteiger partial charge in [0.15, 0.2) is 0 Å². The predicted molar refractivity (Wildman–Crippen MR) is 192 cm³/mol. The first-order valence-corrected chi connectivity index (χ1v) is 16.1. The van der Waals surface area contributed by atoms with Crippen LogP contribution >= 0.6 is 23.4 Å². The molecule has 0 aromatic heterocycles. The standard InChI is InChI=1S/C38H32ClN3O5S/c1-46-30-17-9-11-25(21-30)22-33(42-36(43)27-14-7-4-8-15-27)37(44)40-29-16-10-18-31(24-29)48-35(26-12-5-3-6-13-26)38(45)41-32-23-28(39)19-20-34(32)47-2/h3-24,35H,1-2H3,(H,40,44)(H,41,45)(H,42,43)/b33-22-. The molecule has 5 rings (SSSR count). The maximum Gasteiger partial charge on any atom is 0.272 e. The Morgan fingerprint density at radius 2 is 1.48 bits per heavy atom. The molecule has 0 aliphatic rings. The number of methoxy groups -OCH3 is 2. The van der Waals surface area contributed by atoms with Crippen LogP contribution in [0.4, 0.5) is 11.4 Å². The molecular formula is C38H32ClN3O5S. The van der Waals surface area contributed by atoms with Crippen LogP contribution in [-0.4, -0.2) is 31.9 Å². The molecule has 0 aliphatic heterocycles. The fourth-order valence-electron chi connectivity index (χ4n) is 4.70. The molecule has 5 aromatic carbocycles. The Kier molecular flexibility index (Phi) is 11.5. The lowest BCUT2D eigenvalue weighted by molar-refractivity contribution is -0.116. The quantitative estimate of drug-likeness (QED) is 0.0908. The number of anilines is 2. The van der Waals surface area contributed by atoms with Gasteiger partial charge in [-0.1, -0.05) is 78.3 Å². The van der Waals surface area contributed by atoms with Crippen molar-refractivity contribution in [2.75, 3.05) is 24.9 Å². The van der Waals surface area contributed by atoms with Crippen molar-refractivity contribution in [1.29, 1.82) is 0 Å². The van der Waals surface area contributed by atoms with Crippen LogP contribution in [0.15, 0.2) is 138 Å². The SMILES string of the molecule is COc1cccc(/C=C(\NC(=O)c2ccccc2)C(=O)Nc2cccc(SC(C(=O)Nc3cc(Cl)ccc3OC)c3ccccc3)c2)c1. The van der Waals surface area contributed by atoms with Crippen LogP contribution in [0, 0.1) is 0 Å². The second-order valence-corrected chi connectivity index (χ2v) is 12.0. The van der Waals surface area contributed by atoms with E-state index >= 15 is 0 Å². The minimum atomic E-state index is -0.658. The molecule has 3 amide bonds. The van der Waals surface area contributed by atoms with E-state index in [0.717, 1.165) is 10.5 Å². The molecule has 3 N–H and O–H groups in total. The van der Waals surface area contributed by atoms with Gasteiger partial charge in [-0.3, -0.25) is 14.4 Å². The van der Waals surface area contributed by atoms with Gasteiger partial charge in [0.25, 0.3) is 11.8 Å². The number of carbonyl (C=O) groups excluding carboxylic acids is 3. The number of nitrogens with one attached hydrogen (secondary N) is 3. The number of thioether (sulfide) groups is 1. The maximum atomic E-state index is 13.7. The van der Waals surface area contributed by atoms with Crippen LogP contribution in [0.1, 0.15) is 26.7 Å². The van der Waals surface area contributed by atoms with Crippen LogP contribution in [0.3, 0.4) is 0 Å². The van der Waals surface area contributed by atoms with E-state index in [1.54, 1.807) is 98.1 Å². The van der Waals surface area contributed by atoms with Crippen LogP contribution in [0.5, 0.6) is 11.5 Å². The molecule has 0 heterocycles. The van der Waals surface area contributed by atoms with E-state index in [2.05, 4.69) is 16.0 Å². The summed E-state index contributed by atoms with van der Waals surface area (Å²) in [5, 5.41) is 8.39. The van der Waals surface area contributed by atoms with Crippen LogP contribution in [0.25, 0.3) is 6.08 Å². The summed E-state index contributed by atoms with van der Waals surface area (Å²) in [5.74, 6) is -0.167. The van der Waals surface area contributed by atoms with Gasteiger partial charge in [0.05, 0.1) is 19.9 Å². The van der Waals surface area contributed by atoms with Gasteiger partial charge in [-0.05, 0) is 77.9 Å². The summed E-state index contributed by atoms with van der Waals surface area (Å²) < 4.78 is 10.7. The molecule has 0 saturated heterocycles. The summed E-state index contributed by atoms with van der Waals surface area (Å²) in [5.41, 5.74) is 2.80. The molecule has 10 heteroatoms. The predicted octanol–water partition coefficient (Wildman–Crippen LogP) is 8.24. The molecule has 1 atom stereocenters. The fraction of sp³-hybridized carbons (Fsp3) is 0.0789. The minimum Gasteiger partial charge on any atom is -0.497 e. The monoisotopic (exact) mass is 677 g/mol. The molecule has 0 saturated carbocycles. The second kappa shape index (κ2) is 16.4. The summed E-state index contributed by atoms with van der Waals surface area (Å²) in [6.07, 6.45) is 1.58. The number of ether oxygens (including phenoxy) is 2. The molecule has 0 aliphatic carbocycles. The summed E-state index contributed by atoms with van der Waals surface area (Å²) in [6.45, 7) is 0. The second-order valence-electron chi connectivity index (χ2n) is 10.4. The molecule has 1 unspecified atom stereocenters. The molecule has 242 valence electrons. The van der Waals surface area contributed by atoms with Crippen molar-refractivity contribution in [3.8, 4) is 11.5 Å². The molecule has 0 fully saturated rings. The first-order valence-electron chi connectivity index (χ1n) is 14.8. The number of amides is 3. The maximum absolute atomic E-state index is 13.7. The lowest BCUT2D eigenvalue weighted by Crippen LogP contribution is -2.30. The summed E-state index contributed by atoms with van der Waals surface area (Å²) in [7, 11) is 3.07. The minimum absolute atomic E-state index is 0.0344. The lowest BCUT2D eigenvalue weighted by atomic mass is 10.1.